The molecule has 3 heteroatoms. The lowest BCUT2D eigenvalue weighted by atomic mass is 9.48. The molecule has 1 aromatic carbocycles. The molecule has 0 saturated heterocycles. The van der Waals surface area contributed by atoms with Gasteiger partial charge in [-0.1, -0.05) is 31.5 Å². The van der Waals surface area contributed by atoms with Gasteiger partial charge in [-0.2, -0.15) is 0 Å². The number of para-hydroxylation sites is 1. The fourth-order valence-corrected chi connectivity index (χ4v) is 8.53. The maximum atomic E-state index is 13.1. The van der Waals surface area contributed by atoms with Crippen LogP contribution in [0, 0.1) is 40.9 Å². The van der Waals surface area contributed by atoms with E-state index in [0.717, 1.165) is 61.0 Å². The molecule has 0 heterocycles. The highest BCUT2D eigenvalue weighted by molar-refractivity contribution is 5.92. The van der Waals surface area contributed by atoms with Gasteiger partial charge in [0.15, 0.2) is 0 Å². The molecular weight excluding hydrogens is 382 g/mol. The second kappa shape index (κ2) is 8.21. The highest BCUT2D eigenvalue weighted by atomic mass is 16.3. The first-order chi connectivity index (χ1) is 14.8. The van der Waals surface area contributed by atoms with E-state index in [2.05, 4.69) is 19.2 Å². The Morgan fingerprint density at radius 3 is 2.48 bits per heavy atom. The fraction of sp³-hybridized carbons (Fsp3) is 0.750. The quantitative estimate of drug-likeness (QED) is 0.576. The van der Waals surface area contributed by atoms with Crippen molar-refractivity contribution in [1.29, 1.82) is 0 Å². The van der Waals surface area contributed by atoms with Crippen molar-refractivity contribution in [2.24, 2.45) is 40.9 Å². The van der Waals surface area contributed by atoms with Crippen LogP contribution in [0.5, 0.6) is 0 Å². The number of nitrogens with one attached hydrogen (secondary N) is 1. The van der Waals surface area contributed by atoms with Gasteiger partial charge in [0.05, 0.1) is 5.60 Å². The van der Waals surface area contributed by atoms with Crippen LogP contribution in [0.4, 0.5) is 5.69 Å². The Bertz CT molecular complexity index is 789. The first-order valence-electron chi connectivity index (χ1n) is 12.9. The summed E-state index contributed by atoms with van der Waals surface area (Å²) in [5.74, 6) is 4.44. The molecule has 4 aliphatic carbocycles. The van der Waals surface area contributed by atoms with Crippen LogP contribution in [0.1, 0.15) is 84.5 Å². The zero-order valence-electron chi connectivity index (χ0n) is 19.5. The number of benzene rings is 1. The molecule has 8 atom stereocenters. The van der Waals surface area contributed by atoms with Crippen LogP contribution in [0.25, 0.3) is 0 Å². The number of hydrogen-bond acceptors (Lipinski definition) is 2. The minimum absolute atomic E-state index is 0.146. The van der Waals surface area contributed by atoms with Gasteiger partial charge in [-0.15, -0.1) is 0 Å². The SMILES string of the molecule is CC1(O)CCC2C(CCC3C2CCC2(C)CC(C(=O)Nc4ccccc4)CCCC32)C1. The van der Waals surface area contributed by atoms with Gasteiger partial charge >= 0.3 is 0 Å². The Kier molecular flexibility index (Phi) is 5.69. The van der Waals surface area contributed by atoms with Crippen molar-refractivity contribution in [2.75, 3.05) is 5.32 Å². The van der Waals surface area contributed by atoms with Gasteiger partial charge < -0.3 is 10.4 Å². The van der Waals surface area contributed by atoms with E-state index in [9.17, 15) is 9.90 Å². The molecule has 4 fully saturated rings. The monoisotopic (exact) mass is 423 g/mol. The third-order valence-electron chi connectivity index (χ3n) is 9.95. The smallest absolute Gasteiger partial charge is 0.227 e. The minimum Gasteiger partial charge on any atom is -0.390 e. The van der Waals surface area contributed by atoms with Gasteiger partial charge in [0.1, 0.15) is 0 Å². The summed E-state index contributed by atoms with van der Waals surface area (Å²) in [5, 5.41) is 13.8. The number of aliphatic hydroxyl groups is 1. The number of carbonyl (C=O) groups is 1. The van der Waals surface area contributed by atoms with E-state index in [1.165, 1.54) is 44.9 Å². The molecule has 0 aliphatic heterocycles. The summed E-state index contributed by atoms with van der Waals surface area (Å²) >= 11 is 0. The Morgan fingerprint density at radius 1 is 0.903 bits per heavy atom. The van der Waals surface area contributed by atoms with E-state index in [4.69, 9.17) is 0 Å². The molecule has 170 valence electrons. The highest BCUT2D eigenvalue weighted by Gasteiger charge is 2.54. The third-order valence-corrected chi connectivity index (χ3v) is 9.95. The van der Waals surface area contributed by atoms with Crippen molar-refractivity contribution in [3.8, 4) is 0 Å². The molecule has 4 saturated carbocycles. The molecule has 0 bridgehead atoms. The summed E-state index contributed by atoms with van der Waals surface area (Å²) in [6.45, 7) is 4.57. The van der Waals surface area contributed by atoms with Crippen molar-refractivity contribution in [3.05, 3.63) is 30.3 Å². The predicted octanol–water partition coefficient (Wildman–Crippen LogP) is 6.43. The van der Waals surface area contributed by atoms with Crippen molar-refractivity contribution in [1.82, 2.24) is 0 Å². The van der Waals surface area contributed by atoms with Crippen molar-refractivity contribution in [3.63, 3.8) is 0 Å². The van der Waals surface area contributed by atoms with Crippen molar-refractivity contribution in [2.45, 2.75) is 90.1 Å². The Hall–Kier alpha value is -1.35. The summed E-state index contributed by atoms with van der Waals surface area (Å²) in [6.07, 6.45) is 13.1. The van der Waals surface area contributed by atoms with E-state index in [0.29, 0.717) is 5.41 Å². The molecule has 1 aromatic rings. The van der Waals surface area contributed by atoms with Crippen LogP contribution in [-0.2, 0) is 4.79 Å². The largest absolute Gasteiger partial charge is 0.390 e. The lowest BCUT2D eigenvalue weighted by Gasteiger charge is -2.57. The number of fused-ring (bicyclic) bond motifs is 5. The predicted molar refractivity (Wildman–Crippen MR) is 126 cm³/mol. The van der Waals surface area contributed by atoms with Gasteiger partial charge in [-0.25, -0.2) is 0 Å². The van der Waals surface area contributed by atoms with E-state index < -0.39 is 5.60 Å². The zero-order valence-corrected chi connectivity index (χ0v) is 19.5. The summed E-state index contributed by atoms with van der Waals surface area (Å²) in [7, 11) is 0. The van der Waals surface area contributed by atoms with Crippen molar-refractivity contribution >= 4 is 11.6 Å². The lowest BCUT2D eigenvalue weighted by molar-refractivity contribution is -0.123. The van der Waals surface area contributed by atoms with Crippen LogP contribution in [0.3, 0.4) is 0 Å². The molecule has 8 unspecified atom stereocenters. The average Bonchev–Trinajstić information content (AvgIpc) is 2.92. The van der Waals surface area contributed by atoms with Gasteiger partial charge in [-0.05, 0) is 118 Å². The van der Waals surface area contributed by atoms with Crippen LogP contribution in [0.2, 0.25) is 0 Å². The first kappa shape index (κ1) is 21.5. The Labute approximate surface area is 188 Å². The van der Waals surface area contributed by atoms with Crippen LogP contribution in [0.15, 0.2) is 30.3 Å². The van der Waals surface area contributed by atoms with E-state index in [1.54, 1.807) is 0 Å². The standard InChI is InChI=1S/C28H41NO2/c1-27-15-13-23-22-14-16-28(2,31)18-19(22)11-12-24(23)25(27)10-6-7-20(17-27)26(30)29-21-8-4-3-5-9-21/h3-5,8-9,19-20,22-25,31H,6-7,10-18H2,1-2H3,(H,29,30). The van der Waals surface area contributed by atoms with Gasteiger partial charge in [-0.3, -0.25) is 4.79 Å². The molecule has 31 heavy (non-hydrogen) atoms. The lowest BCUT2D eigenvalue weighted by Crippen LogP contribution is -2.50. The summed E-state index contributed by atoms with van der Waals surface area (Å²) < 4.78 is 0. The molecule has 3 nitrogen and oxygen atoms in total. The number of rotatable bonds is 2. The minimum atomic E-state index is -0.432. The summed E-state index contributed by atoms with van der Waals surface area (Å²) in [6, 6.07) is 9.95. The molecule has 2 N–H and O–H groups in total. The number of carbonyl (C=O) groups excluding carboxylic acids is 1. The number of hydrogen-bond donors (Lipinski definition) is 2. The molecule has 5 rings (SSSR count). The average molecular weight is 424 g/mol. The van der Waals surface area contributed by atoms with Crippen LogP contribution >= 0.6 is 0 Å². The highest BCUT2D eigenvalue weighted by Crippen LogP contribution is 2.61. The van der Waals surface area contributed by atoms with Gasteiger partial charge in [0.25, 0.3) is 0 Å². The normalized spacial score (nSPS) is 44.9. The van der Waals surface area contributed by atoms with Gasteiger partial charge in [0.2, 0.25) is 5.91 Å². The summed E-state index contributed by atoms with van der Waals surface area (Å²) in [5.41, 5.74) is 0.802. The first-order valence-corrected chi connectivity index (χ1v) is 12.9. The number of anilines is 1. The molecule has 0 radical (unpaired) electrons. The summed E-state index contributed by atoms with van der Waals surface area (Å²) in [4.78, 5) is 13.1. The van der Waals surface area contributed by atoms with Gasteiger partial charge in [0, 0.05) is 11.6 Å². The van der Waals surface area contributed by atoms with Crippen LogP contribution < -0.4 is 5.32 Å². The maximum Gasteiger partial charge on any atom is 0.227 e. The fourth-order valence-electron chi connectivity index (χ4n) is 8.53. The Balaban J connectivity index is 1.29. The molecule has 0 spiro atoms. The van der Waals surface area contributed by atoms with E-state index in [-0.39, 0.29) is 11.8 Å². The second-order valence-electron chi connectivity index (χ2n) is 12.1. The number of amides is 1. The molecule has 0 aromatic heterocycles. The Morgan fingerprint density at radius 2 is 1.68 bits per heavy atom. The topological polar surface area (TPSA) is 49.3 Å². The zero-order chi connectivity index (χ0) is 21.6. The molecular formula is C28H41NO2. The maximum absolute atomic E-state index is 13.1. The van der Waals surface area contributed by atoms with E-state index in [1.807, 2.05) is 30.3 Å². The van der Waals surface area contributed by atoms with Crippen molar-refractivity contribution < 1.29 is 9.90 Å². The van der Waals surface area contributed by atoms with E-state index >= 15 is 0 Å². The molecule has 4 aliphatic rings. The molecule has 1 amide bonds. The third kappa shape index (κ3) is 4.19. The van der Waals surface area contributed by atoms with Crippen LogP contribution in [-0.4, -0.2) is 16.6 Å². The second-order valence-corrected chi connectivity index (χ2v) is 12.1.